The van der Waals surface area contributed by atoms with Gasteiger partial charge in [-0.1, -0.05) is 53.7 Å². The van der Waals surface area contributed by atoms with Gasteiger partial charge in [0.15, 0.2) is 8.38 Å². The molecule has 2 aromatic carbocycles. The SMILES string of the molecule is CC(C)(C)c1ccc(OP(O)c2ccc(P(O)O)cc2)c(C(C)(C)C)c1. The molecule has 0 aromatic heterocycles. The van der Waals surface area contributed by atoms with E-state index >= 15 is 0 Å². The average molecular weight is 394 g/mol. The smallest absolute Gasteiger partial charge is 0.262 e. The Kier molecular flexibility index (Phi) is 6.48. The van der Waals surface area contributed by atoms with Crippen molar-refractivity contribution in [3.63, 3.8) is 0 Å². The lowest BCUT2D eigenvalue weighted by molar-refractivity contribution is 0.477. The first-order valence-corrected chi connectivity index (χ1v) is 11.0. The van der Waals surface area contributed by atoms with Gasteiger partial charge in [-0.05, 0) is 46.7 Å². The first-order valence-electron chi connectivity index (χ1n) is 8.49. The number of hydrogen-bond acceptors (Lipinski definition) is 4. The monoisotopic (exact) mass is 394 g/mol. The Morgan fingerprint density at radius 1 is 0.731 bits per heavy atom. The molecule has 0 amide bonds. The molecule has 0 aliphatic rings. The molecule has 2 rings (SSSR count). The van der Waals surface area contributed by atoms with Crippen LogP contribution in [0.1, 0.15) is 52.7 Å². The van der Waals surface area contributed by atoms with E-state index in [4.69, 9.17) is 4.52 Å². The molecule has 3 N–H and O–H groups in total. The number of hydrogen-bond donors (Lipinski definition) is 3. The van der Waals surface area contributed by atoms with Gasteiger partial charge >= 0.3 is 0 Å². The van der Waals surface area contributed by atoms with Gasteiger partial charge in [-0.25, -0.2) is 0 Å². The minimum absolute atomic E-state index is 0.0330. The van der Waals surface area contributed by atoms with Gasteiger partial charge in [-0.15, -0.1) is 0 Å². The maximum absolute atomic E-state index is 10.5. The molecule has 0 bridgehead atoms. The second kappa shape index (κ2) is 7.92. The zero-order valence-corrected chi connectivity index (χ0v) is 18.0. The number of benzene rings is 2. The van der Waals surface area contributed by atoms with Crippen LogP contribution in [0.2, 0.25) is 0 Å². The van der Waals surface area contributed by atoms with E-state index in [1.807, 2.05) is 12.1 Å². The predicted octanol–water partition coefficient (Wildman–Crippen LogP) is 4.21. The molecule has 0 saturated carbocycles. The first kappa shape index (κ1) is 21.3. The molecule has 0 heterocycles. The van der Waals surface area contributed by atoms with Crippen molar-refractivity contribution < 1.29 is 19.2 Å². The maximum atomic E-state index is 10.5. The lowest BCUT2D eigenvalue weighted by Crippen LogP contribution is -2.18. The quantitative estimate of drug-likeness (QED) is 0.680. The first-order chi connectivity index (χ1) is 11.9. The van der Waals surface area contributed by atoms with Crippen LogP contribution in [-0.4, -0.2) is 14.7 Å². The molecule has 0 aliphatic carbocycles. The summed E-state index contributed by atoms with van der Waals surface area (Å²) in [5.74, 6) is 0.676. The molecule has 2 aromatic rings. The van der Waals surface area contributed by atoms with Crippen molar-refractivity contribution in [2.75, 3.05) is 0 Å². The van der Waals surface area contributed by atoms with E-state index in [1.165, 1.54) is 5.56 Å². The Hall–Kier alpha value is -1.02. The van der Waals surface area contributed by atoms with E-state index in [9.17, 15) is 14.7 Å². The summed E-state index contributed by atoms with van der Waals surface area (Å²) in [7, 11) is -3.97. The van der Waals surface area contributed by atoms with Gasteiger partial charge in [-0.2, -0.15) is 0 Å². The molecular weight excluding hydrogens is 366 g/mol. The van der Waals surface area contributed by atoms with Crippen molar-refractivity contribution in [2.45, 2.75) is 52.4 Å². The lowest BCUT2D eigenvalue weighted by Gasteiger charge is -2.27. The molecule has 1 unspecified atom stereocenters. The zero-order valence-electron chi connectivity index (χ0n) is 16.2. The zero-order chi connectivity index (χ0) is 19.7. The Balaban J connectivity index is 2.33. The summed E-state index contributed by atoms with van der Waals surface area (Å²) in [6.45, 7) is 12.9. The van der Waals surface area contributed by atoms with Crippen molar-refractivity contribution >= 4 is 27.4 Å². The van der Waals surface area contributed by atoms with Crippen LogP contribution in [0.15, 0.2) is 42.5 Å². The van der Waals surface area contributed by atoms with Crippen molar-refractivity contribution in [3.8, 4) is 5.75 Å². The highest BCUT2D eigenvalue weighted by atomic mass is 31.2. The summed E-state index contributed by atoms with van der Waals surface area (Å²) in [5, 5.41) is 1.07. The topological polar surface area (TPSA) is 69.9 Å². The minimum atomic E-state index is -2.13. The second-order valence-corrected chi connectivity index (χ2v) is 10.7. The molecule has 0 radical (unpaired) electrons. The van der Waals surface area contributed by atoms with Crippen LogP contribution in [0.3, 0.4) is 0 Å². The third-order valence-electron chi connectivity index (χ3n) is 4.14. The van der Waals surface area contributed by atoms with Gasteiger partial charge in [0.2, 0.25) is 0 Å². The molecule has 4 nitrogen and oxygen atoms in total. The van der Waals surface area contributed by atoms with E-state index < -0.39 is 16.8 Å². The third-order valence-corrected chi connectivity index (χ3v) is 6.01. The van der Waals surface area contributed by atoms with E-state index in [-0.39, 0.29) is 10.8 Å². The molecule has 0 saturated heterocycles. The van der Waals surface area contributed by atoms with Crippen LogP contribution in [0.4, 0.5) is 0 Å². The van der Waals surface area contributed by atoms with Gasteiger partial charge < -0.3 is 19.2 Å². The van der Waals surface area contributed by atoms with Gasteiger partial charge in [0.05, 0.1) is 0 Å². The second-order valence-electron chi connectivity index (χ2n) is 8.38. The van der Waals surface area contributed by atoms with Crippen LogP contribution in [0.5, 0.6) is 5.75 Å². The summed E-state index contributed by atoms with van der Waals surface area (Å²) >= 11 is 0. The van der Waals surface area contributed by atoms with Crippen molar-refractivity contribution in [1.82, 2.24) is 0 Å². The molecule has 142 valence electrons. The highest BCUT2D eigenvalue weighted by molar-refractivity contribution is 7.55. The Bertz CT molecular complexity index is 744. The van der Waals surface area contributed by atoms with E-state index in [0.717, 1.165) is 5.56 Å². The molecule has 0 spiro atoms. The molecule has 0 fully saturated rings. The average Bonchev–Trinajstić information content (AvgIpc) is 2.53. The number of rotatable bonds is 4. The molecule has 26 heavy (non-hydrogen) atoms. The summed E-state index contributed by atoms with van der Waals surface area (Å²) in [6, 6.07) is 12.7. The van der Waals surface area contributed by atoms with Crippen LogP contribution in [-0.2, 0) is 10.8 Å². The van der Waals surface area contributed by atoms with Crippen molar-refractivity contribution in [3.05, 3.63) is 53.6 Å². The van der Waals surface area contributed by atoms with Crippen molar-refractivity contribution in [2.24, 2.45) is 0 Å². The maximum Gasteiger partial charge on any atom is 0.262 e. The molecular formula is C20H28O4P2. The van der Waals surface area contributed by atoms with Crippen molar-refractivity contribution in [1.29, 1.82) is 0 Å². The fourth-order valence-corrected chi connectivity index (χ4v) is 3.79. The van der Waals surface area contributed by atoms with Gasteiger partial charge in [0.1, 0.15) is 5.75 Å². The summed E-state index contributed by atoms with van der Waals surface area (Å²) in [5.41, 5.74) is 2.18. The fourth-order valence-electron chi connectivity index (χ4n) is 2.52. The molecule has 0 aliphatic heterocycles. The summed E-state index contributed by atoms with van der Waals surface area (Å²) in [4.78, 5) is 29.0. The summed E-state index contributed by atoms with van der Waals surface area (Å²) < 4.78 is 5.93. The van der Waals surface area contributed by atoms with Crippen LogP contribution < -0.4 is 15.1 Å². The standard InChI is InChI=1S/C20H28O4P2/c1-19(2,3)14-7-12-18(17(13-14)20(4,5)6)24-26(23)16-10-8-15(9-11-16)25(21)22/h7-13,21-23H,1-6H3. The third kappa shape index (κ3) is 5.25. The van der Waals surface area contributed by atoms with E-state index in [0.29, 0.717) is 16.4 Å². The largest absolute Gasteiger partial charge is 0.444 e. The minimum Gasteiger partial charge on any atom is -0.444 e. The highest BCUT2D eigenvalue weighted by Gasteiger charge is 2.25. The van der Waals surface area contributed by atoms with E-state index in [2.05, 4.69) is 47.6 Å². The van der Waals surface area contributed by atoms with Crippen LogP contribution in [0, 0.1) is 0 Å². The normalized spacial score (nSPS) is 13.8. The van der Waals surface area contributed by atoms with Crippen LogP contribution >= 0.6 is 16.8 Å². The molecule has 6 heteroatoms. The fraction of sp³-hybridized carbons (Fsp3) is 0.400. The van der Waals surface area contributed by atoms with Crippen LogP contribution in [0.25, 0.3) is 0 Å². The Labute approximate surface area is 158 Å². The Morgan fingerprint density at radius 2 is 1.27 bits per heavy atom. The molecule has 1 atom stereocenters. The van der Waals surface area contributed by atoms with Gasteiger partial charge in [-0.3, -0.25) is 0 Å². The summed E-state index contributed by atoms with van der Waals surface area (Å²) in [6.07, 6.45) is 0. The van der Waals surface area contributed by atoms with Gasteiger partial charge in [0, 0.05) is 16.2 Å². The highest BCUT2D eigenvalue weighted by Crippen LogP contribution is 2.41. The van der Waals surface area contributed by atoms with Gasteiger partial charge in [0.25, 0.3) is 8.38 Å². The lowest BCUT2D eigenvalue weighted by atomic mass is 9.80. The van der Waals surface area contributed by atoms with E-state index in [1.54, 1.807) is 24.3 Å². The predicted molar refractivity (Wildman–Crippen MR) is 111 cm³/mol. The Morgan fingerprint density at radius 3 is 1.73 bits per heavy atom.